The Balaban J connectivity index is 1.75. The van der Waals surface area contributed by atoms with E-state index in [0.29, 0.717) is 19.0 Å². The largest absolute Gasteiger partial charge is 0.383 e. The highest BCUT2D eigenvalue weighted by Gasteiger charge is 2.38. The maximum atomic E-state index is 13.7. The van der Waals surface area contributed by atoms with Crippen molar-refractivity contribution in [3.05, 3.63) is 87.6 Å². The molecule has 0 fully saturated rings. The van der Waals surface area contributed by atoms with Crippen molar-refractivity contribution < 1.29 is 14.3 Å². The Kier molecular flexibility index (Phi) is 7.97. The van der Waals surface area contributed by atoms with Gasteiger partial charge in [0.1, 0.15) is 12.4 Å². The van der Waals surface area contributed by atoms with Gasteiger partial charge in [-0.15, -0.1) is 11.8 Å². The van der Waals surface area contributed by atoms with E-state index in [1.54, 1.807) is 35.1 Å². The van der Waals surface area contributed by atoms with Crippen LogP contribution in [0.1, 0.15) is 27.5 Å². The van der Waals surface area contributed by atoms with Gasteiger partial charge in [-0.3, -0.25) is 14.5 Å². The van der Waals surface area contributed by atoms with Crippen LogP contribution >= 0.6 is 23.1 Å². The number of nitrogens with one attached hydrogen (secondary N) is 1. The summed E-state index contributed by atoms with van der Waals surface area (Å²) in [6, 6.07) is 18.3. The molecule has 0 aliphatic carbocycles. The van der Waals surface area contributed by atoms with E-state index in [0.717, 1.165) is 39.2 Å². The van der Waals surface area contributed by atoms with Gasteiger partial charge in [-0.05, 0) is 47.9 Å². The lowest BCUT2D eigenvalue weighted by Crippen LogP contribution is -2.43. The van der Waals surface area contributed by atoms with Crippen molar-refractivity contribution in [2.75, 3.05) is 37.5 Å². The minimum absolute atomic E-state index is 0.0999. The van der Waals surface area contributed by atoms with Gasteiger partial charge in [0.25, 0.3) is 0 Å². The molecule has 0 saturated carbocycles. The quantitative estimate of drug-likeness (QED) is 0.310. The fraction of sp³-hybridized carbons (Fsp3) is 0.276. The van der Waals surface area contributed by atoms with Crippen molar-refractivity contribution in [3.63, 3.8) is 0 Å². The summed E-state index contributed by atoms with van der Waals surface area (Å²) in [6.45, 7) is 4.78. The van der Waals surface area contributed by atoms with Gasteiger partial charge >= 0.3 is 0 Å². The van der Waals surface area contributed by atoms with Crippen molar-refractivity contribution in [2.45, 2.75) is 19.1 Å². The molecule has 0 spiro atoms. The summed E-state index contributed by atoms with van der Waals surface area (Å²) in [6.07, 6.45) is 0. The van der Waals surface area contributed by atoms with Gasteiger partial charge in [-0.1, -0.05) is 48.0 Å². The molecule has 5 rings (SSSR count). The van der Waals surface area contributed by atoms with Crippen LogP contribution in [-0.4, -0.2) is 54.2 Å². The summed E-state index contributed by atoms with van der Waals surface area (Å²) in [7, 11) is 1.59. The molecule has 0 bridgehead atoms. The summed E-state index contributed by atoms with van der Waals surface area (Å²) in [5.41, 5.74) is 6.90. The first-order chi connectivity index (χ1) is 18.5. The molecule has 0 saturated heterocycles. The zero-order valence-corrected chi connectivity index (χ0v) is 23.3. The molecule has 1 atom stereocenters. The molecular weight excluding hydrogens is 516 g/mol. The Bertz CT molecular complexity index is 1430. The predicted octanol–water partition coefficient (Wildman–Crippen LogP) is 5.15. The van der Waals surface area contributed by atoms with E-state index >= 15 is 0 Å². The Morgan fingerprint density at radius 3 is 2.68 bits per heavy atom. The molecule has 1 aliphatic heterocycles. The number of amides is 2. The highest BCUT2D eigenvalue weighted by Crippen LogP contribution is 2.49. The number of carbonyl (C=O) groups excluding carboxylic acids is 2. The van der Waals surface area contributed by atoms with Crippen molar-refractivity contribution in [1.29, 1.82) is 0 Å². The van der Waals surface area contributed by atoms with E-state index in [-0.39, 0.29) is 29.4 Å². The SMILES string of the molecule is COCCNC(=O)CN1C(=O)CSC(c2ccsc2)c2c(-c3ccccc3)nn(-c3ccc(C)cc3C)c21. The highest BCUT2D eigenvalue weighted by molar-refractivity contribution is 8.00. The number of hydrogen-bond donors (Lipinski definition) is 1. The predicted molar refractivity (Wildman–Crippen MR) is 154 cm³/mol. The Hall–Kier alpha value is -3.40. The smallest absolute Gasteiger partial charge is 0.240 e. The van der Waals surface area contributed by atoms with E-state index in [1.807, 2.05) is 54.1 Å². The molecule has 4 aromatic rings. The lowest BCUT2D eigenvalue weighted by molar-refractivity contribution is -0.123. The zero-order chi connectivity index (χ0) is 26.6. The van der Waals surface area contributed by atoms with Gasteiger partial charge in [-0.2, -0.15) is 16.4 Å². The molecule has 2 aromatic heterocycles. The van der Waals surface area contributed by atoms with Gasteiger partial charge in [-0.25, -0.2) is 4.68 Å². The minimum Gasteiger partial charge on any atom is -0.383 e. The number of nitrogens with zero attached hydrogens (tertiary/aromatic N) is 3. The number of thiophene rings is 1. The number of methoxy groups -OCH3 is 1. The maximum Gasteiger partial charge on any atom is 0.240 e. The van der Waals surface area contributed by atoms with Gasteiger partial charge in [0.05, 0.1) is 29.0 Å². The van der Waals surface area contributed by atoms with Crippen LogP contribution in [0.4, 0.5) is 5.82 Å². The van der Waals surface area contributed by atoms with E-state index in [2.05, 4.69) is 35.1 Å². The van der Waals surface area contributed by atoms with Gasteiger partial charge in [0.15, 0.2) is 0 Å². The number of aromatic nitrogens is 2. The fourth-order valence-electron chi connectivity index (χ4n) is 4.72. The van der Waals surface area contributed by atoms with E-state index in [1.165, 1.54) is 0 Å². The van der Waals surface area contributed by atoms with Gasteiger partial charge in [0, 0.05) is 24.8 Å². The van der Waals surface area contributed by atoms with Crippen LogP contribution in [0.3, 0.4) is 0 Å². The summed E-state index contributed by atoms with van der Waals surface area (Å²) in [5.74, 6) is 0.530. The van der Waals surface area contributed by atoms with Crippen LogP contribution in [0.5, 0.6) is 0 Å². The lowest BCUT2D eigenvalue weighted by atomic mass is 10.0. The molecule has 3 heterocycles. The molecule has 7 nitrogen and oxygen atoms in total. The second kappa shape index (κ2) is 11.6. The molecule has 196 valence electrons. The standard InChI is InChI=1S/C29H30N4O3S2/c1-19-9-10-23(20(2)15-19)33-29-26(27(31-33)21-7-5-4-6-8-21)28(22-11-14-37-17-22)38-18-25(35)32(29)16-24(34)30-12-13-36-3/h4-11,14-15,17,28H,12-13,16,18H2,1-3H3,(H,30,34). The number of thioether (sulfide) groups is 1. The second-order valence-corrected chi connectivity index (χ2v) is 11.1. The van der Waals surface area contributed by atoms with E-state index in [9.17, 15) is 9.59 Å². The Morgan fingerprint density at radius 1 is 1.16 bits per heavy atom. The average Bonchev–Trinajstić information content (AvgIpc) is 3.55. The first kappa shape index (κ1) is 26.2. The molecule has 1 aliphatic rings. The van der Waals surface area contributed by atoms with Crippen LogP contribution in [0.25, 0.3) is 16.9 Å². The third kappa shape index (κ3) is 5.27. The highest BCUT2D eigenvalue weighted by atomic mass is 32.2. The zero-order valence-electron chi connectivity index (χ0n) is 21.6. The number of anilines is 1. The van der Waals surface area contributed by atoms with Gasteiger partial charge in [0.2, 0.25) is 11.8 Å². The number of rotatable bonds is 8. The number of carbonyl (C=O) groups is 2. The summed E-state index contributed by atoms with van der Waals surface area (Å²) in [5, 5.41) is 12.1. The minimum atomic E-state index is -0.241. The van der Waals surface area contributed by atoms with Crippen LogP contribution in [-0.2, 0) is 14.3 Å². The van der Waals surface area contributed by atoms with Crippen LogP contribution in [0.15, 0.2) is 65.4 Å². The molecule has 1 N–H and O–H groups in total. The molecular formula is C29H30N4O3S2. The molecule has 2 amide bonds. The van der Waals surface area contributed by atoms with Gasteiger partial charge < -0.3 is 10.1 Å². The normalized spacial score (nSPS) is 15.3. The third-order valence-corrected chi connectivity index (χ3v) is 8.45. The number of hydrogen-bond acceptors (Lipinski definition) is 6. The maximum absolute atomic E-state index is 13.7. The topological polar surface area (TPSA) is 76.5 Å². The van der Waals surface area contributed by atoms with Crippen LogP contribution < -0.4 is 10.2 Å². The monoisotopic (exact) mass is 546 g/mol. The number of ether oxygens (including phenoxy) is 1. The molecule has 1 unspecified atom stereocenters. The first-order valence-corrected chi connectivity index (χ1v) is 14.4. The Morgan fingerprint density at radius 2 is 1.97 bits per heavy atom. The van der Waals surface area contributed by atoms with E-state index in [4.69, 9.17) is 9.84 Å². The fourth-order valence-corrected chi connectivity index (χ4v) is 6.68. The lowest BCUT2D eigenvalue weighted by Gasteiger charge is -2.23. The molecule has 0 radical (unpaired) electrons. The second-order valence-electron chi connectivity index (χ2n) is 9.22. The number of benzene rings is 2. The first-order valence-electron chi connectivity index (χ1n) is 12.4. The van der Waals surface area contributed by atoms with Crippen molar-refractivity contribution in [1.82, 2.24) is 15.1 Å². The summed E-state index contributed by atoms with van der Waals surface area (Å²) >= 11 is 3.21. The Labute approximate surface area is 230 Å². The summed E-state index contributed by atoms with van der Waals surface area (Å²) in [4.78, 5) is 28.3. The van der Waals surface area contributed by atoms with Crippen molar-refractivity contribution >= 4 is 40.7 Å². The molecule has 38 heavy (non-hydrogen) atoms. The van der Waals surface area contributed by atoms with Crippen LogP contribution in [0, 0.1) is 13.8 Å². The van der Waals surface area contributed by atoms with Crippen LogP contribution in [0.2, 0.25) is 0 Å². The van der Waals surface area contributed by atoms with E-state index < -0.39 is 0 Å². The molecule has 9 heteroatoms. The number of aryl methyl sites for hydroxylation is 2. The van der Waals surface area contributed by atoms with Crippen molar-refractivity contribution in [2.24, 2.45) is 0 Å². The average molecular weight is 547 g/mol. The third-order valence-electron chi connectivity index (χ3n) is 6.49. The summed E-state index contributed by atoms with van der Waals surface area (Å²) < 4.78 is 6.93. The van der Waals surface area contributed by atoms with Crippen molar-refractivity contribution in [3.8, 4) is 16.9 Å². The molecule has 2 aromatic carbocycles. The number of fused-ring (bicyclic) bond motifs is 1.